The van der Waals surface area contributed by atoms with E-state index in [1.54, 1.807) is 24.3 Å². The number of halogens is 3. The van der Waals surface area contributed by atoms with Gasteiger partial charge in [-0.1, -0.05) is 12.1 Å². The molecule has 2 bridgehead atoms. The summed E-state index contributed by atoms with van der Waals surface area (Å²) in [6.07, 6.45) is 3.19. The van der Waals surface area contributed by atoms with Gasteiger partial charge < -0.3 is 4.90 Å². The van der Waals surface area contributed by atoms with Crippen LogP contribution >= 0.6 is 0 Å². The van der Waals surface area contributed by atoms with Gasteiger partial charge in [-0.3, -0.25) is 19.3 Å². The zero-order chi connectivity index (χ0) is 30.3. The van der Waals surface area contributed by atoms with E-state index in [0.717, 1.165) is 18.9 Å². The van der Waals surface area contributed by atoms with E-state index >= 15 is 0 Å². The van der Waals surface area contributed by atoms with Crippen molar-refractivity contribution in [3.63, 3.8) is 0 Å². The molecule has 2 aromatic carbocycles. The number of carbonyl (C=O) groups excluding carboxylic acids is 3. The number of nitrogens with zero attached hydrogens (tertiary/aromatic N) is 2. The second-order valence-electron chi connectivity index (χ2n) is 12.6. The highest BCUT2D eigenvalue weighted by atomic mass is 32.2. The maximum Gasteiger partial charge on any atom is 0.254 e. The molecule has 0 spiro atoms. The van der Waals surface area contributed by atoms with Gasteiger partial charge in [0, 0.05) is 42.6 Å². The fourth-order valence-electron chi connectivity index (χ4n) is 6.39. The number of amides is 3. The van der Waals surface area contributed by atoms with Gasteiger partial charge in [-0.15, -0.1) is 0 Å². The average Bonchev–Trinajstić information content (AvgIpc) is 3.39. The van der Waals surface area contributed by atoms with E-state index in [9.17, 15) is 31.8 Å². The number of hydrogen-bond acceptors (Lipinski definition) is 4. The van der Waals surface area contributed by atoms with Gasteiger partial charge in [-0.05, 0) is 88.1 Å². The van der Waals surface area contributed by atoms with Crippen LogP contribution in [0.3, 0.4) is 0 Å². The number of carbonyl (C=O) groups is 3. The predicted molar refractivity (Wildman–Crippen MR) is 152 cm³/mol. The summed E-state index contributed by atoms with van der Waals surface area (Å²) in [5, 5.41) is 0. The lowest BCUT2D eigenvalue weighted by Gasteiger charge is -2.42. The smallest absolute Gasteiger partial charge is 0.254 e. The highest BCUT2D eigenvalue weighted by molar-refractivity contribution is 7.84. The molecule has 3 heterocycles. The van der Waals surface area contributed by atoms with Gasteiger partial charge >= 0.3 is 0 Å². The van der Waals surface area contributed by atoms with Crippen LogP contribution in [0.2, 0.25) is 0 Å². The molecule has 1 N–H and O–H groups in total. The Bertz CT molecular complexity index is 1400. The quantitative estimate of drug-likeness (QED) is 0.347. The monoisotopic (exact) mass is 603 g/mol. The topological polar surface area (TPSA) is 86.8 Å². The van der Waals surface area contributed by atoms with Crippen molar-refractivity contribution in [3.8, 4) is 0 Å². The number of imide groups is 1. The van der Waals surface area contributed by atoms with Crippen molar-refractivity contribution in [1.82, 2.24) is 14.5 Å². The van der Waals surface area contributed by atoms with Crippen molar-refractivity contribution in [3.05, 3.63) is 70.5 Å². The van der Waals surface area contributed by atoms with E-state index in [1.165, 1.54) is 4.90 Å². The molecule has 5 atom stereocenters. The van der Waals surface area contributed by atoms with Gasteiger partial charge in [0.25, 0.3) is 5.91 Å². The van der Waals surface area contributed by atoms with Crippen molar-refractivity contribution in [2.24, 2.45) is 5.92 Å². The van der Waals surface area contributed by atoms with Gasteiger partial charge in [0.05, 0.1) is 22.3 Å². The minimum Gasteiger partial charge on any atom is -0.333 e. The average molecular weight is 604 g/mol. The van der Waals surface area contributed by atoms with Crippen LogP contribution in [-0.4, -0.2) is 54.6 Å². The first-order valence-corrected chi connectivity index (χ1v) is 15.5. The molecule has 3 aliphatic rings. The van der Waals surface area contributed by atoms with Crippen molar-refractivity contribution in [2.75, 3.05) is 0 Å². The zero-order valence-electron chi connectivity index (χ0n) is 24.0. The molecule has 3 amide bonds. The van der Waals surface area contributed by atoms with Gasteiger partial charge in [0.15, 0.2) is 11.6 Å². The maximum absolute atomic E-state index is 14.7. The van der Waals surface area contributed by atoms with Crippen molar-refractivity contribution < 1.29 is 31.8 Å². The molecule has 3 fully saturated rings. The van der Waals surface area contributed by atoms with Gasteiger partial charge in [-0.2, -0.15) is 0 Å². The van der Waals surface area contributed by atoms with Crippen LogP contribution in [0.15, 0.2) is 36.4 Å². The van der Waals surface area contributed by atoms with Crippen molar-refractivity contribution in [1.29, 1.82) is 0 Å². The number of rotatable bonds is 8. The fourth-order valence-corrected chi connectivity index (χ4v) is 7.29. The Morgan fingerprint density at radius 1 is 0.976 bits per heavy atom. The summed E-state index contributed by atoms with van der Waals surface area (Å²) in [6, 6.07) is 7.74. The minimum atomic E-state index is -1.49. The Hall–Kier alpha value is -3.05. The van der Waals surface area contributed by atoms with Crippen LogP contribution in [0, 0.1) is 23.4 Å². The summed E-state index contributed by atoms with van der Waals surface area (Å²) in [5.74, 6) is -3.88. The SMILES string of the molecule is CC(C)(C)S(=O)N[C@H](Cc1cc(F)c(F)cc1F)C1C[C@H]2CC[C@@H](C1)N2C(=O)c1cccc(CN2C(=O)CCC2=O)c1. The van der Waals surface area contributed by atoms with E-state index in [2.05, 4.69) is 4.72 Å². The molecule has 226 valence electrons. The summed E-state index contributed by atoms with van der Waals surface area (Å²) < 4.78 is 57.9. The van der Waals surface area contributed by atoms with Crippen molar-refractivity contribution >= 4 is 28.7 Å². The molecule has 3 aliphatic heterocycles. The van der Waals surface area contributed by atoms with Crippen LogP contribution in [0.5, 0.6) is 0 Å². The Labute approximate surface area is 246 Å². The molecule has 0 aromatic heterocycles. The second kappa shape index (κ2) is 11.9. The lowest BCUT2D eigenvalue weighted by Crippen LogP contribution is -2.52. The van der Waals surface area contributed by atoms with Crippen LogP contribution < -0.4 is 4.72 Å². The minimum absolute atomic E-state index is 0.00921. The molecule has 5 rings (SSSR count). The molecule has 0 aliphatic carbocycles. The second-order valence-corrected chi connectivity index (χ2v) is 14.6. The Morgan fingerprint density at radius 2 is 1.60 bits per heavy atom. The van der Waals surface area contributed by atoms with E-state index in [0.29, 0.717) is 30.0 Å². The molecule has 3 saturated heterocycles. The van der Waals surface area contributed by atoms with E-state index in [4.69, 9.17) is 0 Å². The number of benzene rings is 2. The highest BCUT2D eigenvalue weighted by Gasteiger charge is 2.46. The highest BCUT2D eigenvalue weighted by Crippen LogP contribution is 2.42. The molecule has 42 heavy (non-hydrogen) atoms. The molecule has 0 radical (unpaired) electrons. The summed E-state index contributed by atoms with van der Waals surface area (Å²) in [4.78, 5) is 41.0. The molecule has 7 nitrogen and oxygen atoms in total. The Balaban J connectivity index is 1.34. The molecule has 0 saturated carbocycles. The number of hydrogen-bond donors (Lipinski definition) is 1. The first-order valence-electron chi connectivity index (χ1n) is 14.4. The molecular weight excluding hydrogens is 567 g/mol. The van der Waals surface area contributed by atoms with E-state index in [-0.39, 0.29) is 67.1 Å². The third kappa shape index (κ3) is 6.32. The summed E-state index contributed by atoms with van der Waals surface area (Å²) >= 11 is 0. The number of nitrogens with one attached hydrogen (secondary N) is 1. The van der Waals surface area contributed by atoms with E-state index in [1.807, 2.05) is 25.7 Å². The van der Waals surface area contributed by atoms with Crippen LogP contribution in [0.25, 0.3) is 0 Å². The molecule has 2 unspecified atom stereocenters. The Morgan fingerprint density at radius 3 is 2.21 bits per heavy atom. The third-order valence-corrected chi connectivity index (χ3v) is 10.2. The summed E-state index contributed by atoms with van der Waals surface area (Å²) in [7, 11) is -1.49. The first-order chi connectivity index (χ1) is 19.8. The lowest BCUT2D eigenvalue weighted by atomic mass is 9.82. The van der Waals surface area contributed by atoms with Crippen LogP contribution in [-0.2, 0) is 33.5 Å². The Kier molecular flexibility index (Phi) is 8.63. The van der Waals surface area contributed by atoms with Gasteiger partial charge in [-0.25, -0.2) is 22.1 Å². The third-order valence-electron chi connectivity index (χ3n) is 8.59. The first kappa shape index (κ1) is 30.4. The standard InChI is InChI=1S/C31H36F3N3O4S/c1-31(2,3)42(41)35-27(15-20-14-25(33)26(34)16-24(20)32)21-12-22-7-8-23(13-21)37(22)30(40)19-6-4-5-18(11-19)17-36-28(38)9-10-29(36)39/h4-6,11,14,16,21-23,27,35H,7-10,12-13,15,17H2,1-3H3/t21?,22-,23+,27-,42?/m1/s1. The predicted octanol–water partition coefficient (Wildman–Crippen LogP) is 4.80. The maximum atomic E-state index is 14.7. The zero-order valence-corrected chi connectivity index (χ0v) is 24.8. The van der Waals surface area contributed by atoms with Gasteiger partial charge in [0.2, 0.25) is 11.8 Å². The molecule has 2 aromatic rings. The summed E-state index contributed by atoms with van der Waals surface area (Å²) in [6.45, 7) is 5.59. The van der Waals surface area contributed by atoms with Gasteiger partial charge in [0.1, 0.15) is 5.82 Å². The summed E-state index contributed by atoms with van der Waals surface area (Å²) in [5.41, 5.74) is 1.19. The lowest BCUT2D eigenvalue weighted by molar-refractivity contribution is -0.139. The largest absolute Gasteiger partial charge is 0.333 e. The number of piperidine rings is 1. The number of likely N-dealkylation sites (tertiary alicyclic amines) is 1. The molecular formula is C31H36F3N3O4S. The van der Waals surface area contributed by atoms with Crippen LogP contribution in [0.1, 0.15) is 80.8 Å². The van der Waals surface area contributed by atoms with Crippen molar-refractivity contribution in [2.45, 2.75) is 95.1 Å². The van der Waals surface area contributed by atoms with E-state index < -0.39 is 39.2 Å². The molecule has 11 heteroatoms. The fraction of sp³-hybridized carbons (Fsp3) is 0.516. The number of fused-ring (bicyclic) bond motifs is 2. The normalized spacial score (nSPS) is 23.9. The van der Waals surface area contributed by atoms with Crippen LogP contribution in [0.4, 0.5) is 13.2 Å².